The predicted molar refractivity (Wildman–Crippen MR) is 111 cm³/mol. The second-order valence-electron chi connectivity index (χ2n) is 5.86. The highest BCUT2D eigenvalue weighted by molar-refractivity contribution is 7.14. The number of ether oxygens (including phenoxy) is 1. The molecule has 0 atom stereocenters. The fourth-order valence-electron chi connectivity index (χ4n) is 2.44. The maximum absolute atomic E-state index is 12.2. The van der Waals surface area contributed by atoms with Crippen LogP contribution in [0.1, 0.15) is 26.4 Å². The average molecular weight is 416 g/mol. The molecule has 3 rings (SSSR count). The van der Waals surface area contributed by atoms with E-state index in [0.29, 0.717) is 28.7 Å². The first-order valence-corrected chi connectivity index (χ1v) is 9.74. The van der Waals surface area contributed by atoms with Crippen LogP contribution < -0.4 is 15.4 Å². The van der Waals surface area contributed by atoms with Gasteiger partial charge in [-0.25, -0.2) is 4.98 Å². The van der Waals surface area contributed by atoms with Gasteiger partial charge in [0.25, 0.3) is 11.8 Å². The molecule has 144 valence electrons. The van der Waals surface area contributed by atoms with E-state index in [2.05, 4.69) is 15.6 Å². The molecule has 3 aromatic rings. The first-order valence-electron chi connectivity index (χ1n) is 8.49. The van der Waals surface area contributed by atoms with Gasteiger partial charge in [0.1, 0.15) is 11.4 Å². The number of nitrogens with one attached hydrogen (secondary N) is 2. The molecule has 28 heavy (non-hydrogen) atoms. The predicted octanol–water partition coefficient (Wildman–Crippen LogP) is 4.03. The standard InChI is InChI=1S/C20H18ClN3O3S/c1-27-16-4-2-3-13(11-16)9-10-22-19(26)17-12-28-20(23-17)24-18(25)14-5-7-15(21)8-6-14/h2-8,11-12H,9-10H2,1H3,(H,22,26)(H,23,24,25). The number of anilines is 1. The normalized spacial score (nSPS) is 10.4. The summed E-state index contributed by atoms with van der Waals surface area (Å²) in [6.45, 7) is 0.468. The van der Waals surface area contributed by atoms with E-state index in [0.717, 1.165) is 11.3 Å². The lowest BCUT2D eigenvalue weighted by Gasteiger charge is -2.05. The Kier molecular flexibility index (Phi) is 6.62. The number of methoxy groups -OCH3 is 1. The molecule has 0 radical (unpaired) electrons. The zero-order valence-corrected chi connectivity index (χ0v) is 16.6. The van der Waals surface area contributed by atoms with Gasteiger partial charge in [-0.1, -0.05) is 23.7 Å². The molecule has 2 amide bonds. The van der Waals surface area contributed by atoms with E-state index in [-0.39, 0.29) is 17.5 Å². The number of amides is 2. The van der Waals surface area contributed by atoms with Crippen molar-refractivity contribution in [2.45, 2.75) is 6.42 Å². The van der Waals surface area contributed by atoms with Gasteiger partial charge in [-0.3, -0.25) is 14.9 Å². The summed E-state index contributed by atoms with van der Waals surface area (Å²) in [5.74, 6) is 0.187. The molecule has 0 aliphatic rings. The van der Waals surface area contributed by atoms with Crippen LogP contribution in [0.3, 0.4) is 0 Å². The monoisotopic (exact) mass is 415 g/mol. The second-order valence-corrected chi connectivity index (χ2v) is 7.15. The summed E-state index contributed by atoms with van der Waals surface area (Å²) in [6.07, 6.45) is 0.674. The van der Waals surface area contributed by atoms with Crippen molar-refractivity contribution in [3.8, 4) is 5.75 Å². The Hall–Kier alpha value is -2.90. The van der Waals surface area contributed by atoms with E-state index in [1.807, 2.05) is 24.3 Å². The third-order valence-electron chi connectivity index (χ3n) is 3.90. The van der Waals surface area contributed by atoms with Gasteiger partial charge in [-0.05, 0) is 48.4 Å². The van der Waals surface area contributed by atoms with Crippen molar-refractivity contribution in [1.29, 1.82) is 0 Å². The molecule has 1 heterocycles. The number of halogens is 1. The highest BCUT2D eigenvalue weighted by atomic mass is 35.5. The van der Waals surface area contributed by atoms with E-state index in [4.69, 9.17) is 16.3 Å². The first-order chi connectivity index (χ1) is 13.5. The van der Waals surface area contributed by atoms with Gasteiger partial charge >= 0.3 is 0 Å². The molecule has 0 unspecified atom stereocenters. The third kappa shape index (κ3) is 5.31. The van der Waals surface area contributed by atoms with Crippen LogP contribution in [0.2, 0.25) is 5.02 Å². The number of hydrogen-bond donors (Lipinski definition) is 2. The van der Waals surface area contributed by atoms with Gasteiger partial charge in [0.2, 0.25) is 0 Å². The molecule has 0 saturated heterocycles. The summed E-state index contributed by atoms with van der Waals surface area (Å²) in [4.78, 5) is 28.6. The third-order valence-corrected chi connectivity index (χ3v) is 4.91. The van der Waals surface area contributed by atoms with Crippen LogP contribution in [0.25, 0.3) is 0 Å². The molecular formula is C20H18ClN3O3S. The van der Waals surface area contributed by atoms with Gasteiger partial charge < -0.3 is 10.1 Å². The van der Waals surface area contributed by atoms with Crippen LogP contribution in [0, 0.1) is 0 Å². The van der Waals surface area contributed by atoms with Gasteiger partial charge in [-0.15, -0.1) is 11.3 Å². The molecule has 0 fully saturated rings. The summed E-state index contributed by atoms with van der Waals surface area (Å²) in [5.41, 5.74) is 1.79. The minimum atomic E-state index is -0.309. The molecule has 8 heteroatoms. The molecule has 1 aromatic heterocycles. The zero-order valence-electron chi connectivity index (χ0n) is 15.1. The van der Waals surface area contributed by atoms with Gasteiger partial charge in [0, 0.05) is 22.5 Å². The van der Waals surface area contributed by atoms with Crippen molar-refractivity contribution in [3.63, 3.8) is 0 Å². The number of thiazole rings is 1. The molecule has 2 aromatic carbocycles. The number of aromatic nitrogens is 1. The van der Waals surface area contributed by atoms with Crippen LogP contribution in [-0.4, -0.2) is 30.5 Å². The number of benzene rings is 2. The van der Waals surface area contributed by atoms with Crippen LogP contribution in [0.5, 0.6) is 5.75 Å². The van der Waals surface area contributed by atoms with Gasteiger partial charge in [-0.2, -0.15) is 0 Å². The van der Waals surface area contributed by atoms with Crippen LogP contribution in [0.4, 0.5) is 5.13 Å². The van der Waals surface area contributed by atoms with E-state index in [1.54, 1.807) is 36.8 Å². The lowest BCUT2D eigenvalue weighted by Crippen LogP contribution is -2.26. The summed E-state index contributed by atoms with van der Waals surface area (Å²) < 4.78 is 5.19. The lowest BCUT2D eigenvalue weighted by molar-refractivity contribution is 0.0948. The van der Waals surface area contributed by atoms with Crippen molar-refractivity contribution in [1.82, 2.24) is 10.3 Å². The Labute approximate surface area is 171 Å². The largest absolute Gasteiger partial charge is 0.497 e. The summed E-state index contributed by atoms with van der Waals surface area (Å²) in [7, 11) is 1.62. The van der Waals surface area contributed by atoms with Crippen LogP contribution in [0.15, 0.2) is 53.9 Å². The number of nitrogens with zero attached hydrogens (tertiary/aromatic N) is 1. The number of hydrogen-bond acceptors (Lipinski definition) is 5. The maximum Gasteiger partial charge on any atom is 0.270 e. The fourth-order valence-corrected chi connectivity index (χ4v) is 3.26. The van der Waals surface area contributed by atoms with Gasteiger partial charge in [0.15, 0.2) is 5.13 Å². The molecule has 0 spiro atoms. The smallest absolute Gasteiger partial charge is 0.270 e. The summed E-state index contributed by atoms with van der Waals surface area (Å²) in [6, 6.07) is 14.2. The first kappa shape index (κ1) is 19.9. The van der Waals surface area contributed by atoms with Crippen molar-refractivity contribution in [2.75, 3.05) is 19.0 Å². The van der Waals surface area contributed by atoms with Crippen molar-refractivity contribution >= 4 is 39.9 Å². The summed E-state index contributed by atoms with van der Waals surface area (Å²) in [5, 5.41) is 8.03. The van der Waals surface area contributed by atoms with E-state index in [9.17, 15) is 9.59 Å². The Morgan fingerprint density at radius 3 is 2.68 bits per heavy atom. The van der Waals surface area contributed by atoms with E-state index in [1.165, 1.54) is 11.3 Å². The second kappa shape index (κ2) is 9.34. The Morgan fingerprint density at radius 1 is 1.14 bits per heavy atom. The molecule has 2 N–H and O–H groups in total. The van der Waals surface area contributed by atoms with Crippen molar-refractivity contribution in [3.05, 3.63) is 75.8 Å². The van der Waals surface area contributed by atoms with Crippen LogP contribution >= 0.6 is 22.9 Å². The molecule has 0 bridgehead atoms. The minimum absolute atomic E-state index is 0.266. The molecular weight excluding hydrogens is 398 g/mol. The van der Waals surface area contributed by atoms with Gasteiger partial charge in [0.05, 0.1) is 7.11 Å². The van der Waals surface area contributed by atoms with Crippen LogP contribution in [-0.2, 0) is 6.42 Å². The number of carbonyl (C=O) groups is 2. The number of carbonyl (C=O) groups excluding carboxylic acids is 2. The Bertz CT molecular complexity index is 973. The van der Waals surface area contributed by atoms with E-state index >= 15 is 0 Å². The quantitative estimate of drug-likeness (QED) is 0.610. The van der Waals surface area contributed by atoms with Crippen molar-refractivity contribution < 1.29 is 14.3 Å². The maximum atomic E-state index is 12.2. The Balaban J connectivity index is 1.52. The highest BCUT2D eigenvalue weighted by Crippen LogP contribution is 2.18. The zero-order chi connectivity index (χ0) is 19.9. The highest BCUT2D eigenvalue weighted by Gasteiger charge is 2.13. The molecule has 0 aliphatic heterocycles. The Morgan fingerprint density at radius 2 is 1.93 bits per heavy atom. The van der Waals surface area contributed by atoms with E-state index < -0.39 is 0 Å². The average Bonchev–Trinajstić information content (AvgIpc) is 3.17. The summed E-state index contributed by atoms with van der Waals surface area (Å²) >= 11 is 7.01. The molecule has 6 nitrogen and oxygen atoms in total. The fraction of sp³-hybridized carbons (Fsp3) is 0.150. The minimum Gasteiger partial charge on any atom is -0.497 e. The van der Waals surface area contributed by atoms with Crippen molar-refractivity contribution in [2.24, 2.45) is 0 Å². The molecule has 0 saturated carbocycles. The SMILES string of the molecule is COc1cccc(CCNC(=O)c2csc(NC(=O)c3ccc(Cl)cc3)n2)c1. The lowest BCUT2D eigenvalue weighted by atomic mass is 10.1. The molecule has 0 aliphatic carbocycles. The number of rotatable bonds is 7. The topological polar surface area (TPSA) is 80.3 Å².